The summed E-state index contributed by atoms with van der Waals surface area (Å²) < 4.78 is 5.96. The normalized spacial score (nSPS) is 16.2. The van der Waals surface area contributed by atoms with Crippen molar-refractivity contribution in [2.75, 3.05) is 6.61 Å². The lowest BCUT2D eigenvalue weighted by Gasteiger charge is -2.26. The number of aryl methyl sites for hydroxylation is 1. The Labute approximate surface area is 116 Å². The van der Waals surface area contributed by atoms with E-state index in [-0.39, 0.29) is 5.54 Å². The molecule has 1 saturated carbocycles. The van der Waals surface area contributed by atoms with E-state index in [9.17, 15) is 0 Å². The summed E-state index contributed by atoms with van der Waals surface area (Å²) >= 11 is 0. The van der Waals surface area contributed by atoms with Crippen molar-refractivity contribution in [3.8, 4) is 5.75 Å². The summed E-state index contributed by atoms with van der Waals surface area (Å²) in [6.45, 7) is 10.1. The maximum Gasteiger partial charge on any atom is 0.142 e. The predicted octanol–water partition coefficient (Wildman–Crippen LogP) is 3.46. The van der Waals surface area contributed by atoms with Gasteiger partial charge in [0.1, 0.15) is 5.75 Å². The minimum Gasteiger partial charge on any atom is -0.491 e. The summed E-state index contributed by atoms with van der Waals surface area (Å²) in [4.78, 5) is 4.61. The number of pyridine rings is 1. The van der Waals surface area contributed by atoms with Crippen LogP contribution < -0.4 is 10.1 Å². The van der Waals surface area contributed by atoms with E-state index in [4.69, 9.17) is 4.74 Å². The van der Waals surface area contributed by atoms with E-state index in [0.717, 1.165) is 36.2 Å². The Morgan fingerprint density at radius 1 is 1.32 bits per heavy atom. The van der Waals surface area contributed by atoms with Gasteiger partial charge in [0.2, 0.25) is 0 Å². The molecule has 0 atom stereocenters. The highest BCUT2D eigenvalue weighted by Crippen LogP contribution is 2.28. The average Bonchev–Trinajstić information content (AvgIpc) is 2.25. The first-order valence-electron chi connectivity index (χ1n) is 7.28. The molecule has 106 valence electrons. The summed E-state index contributed by atoms with van der Waals surface area (Å²) in [6, 6.07) is 4.08. The average molecular weight is 262 g/mol. The van der Waals surface area contributed by atoms with Gasteiger partial charge in [0.25, 0.3) is 0 Å². The molecule has 0 aliphatic heterocycles. The number of aromatic nitrogens is 1. The Kier molecular flexibility index (Phi) is 4.46. The van der Waals surface area contributed by atoms with E-state index < -0.39 is 0 Å². The van der Waals surface area contributed by atoms with Gasteiger partial charge < -0.3 is 10.1 Å². The molecule has 1 aromatic heterocycles. The van der Waals surface area contributed by atoms with Crippen LogP contribution in [0.15, 0.2) is 12.1 Å². The lowest BCUT2D eigenvalue weighted by Crippen LogP contribution is -2.35. The van der Waals surface area contributed by atoms with E-state index in [0.29, 0.717) is 0 Å². The summed E-state index contributed by atoms with van der Waals surface area (Å²) in [6.07, 6.45) is 3.99. The van der Waals surface area contributed by atoms with Crippen LogP contribution in [-0.4, -0.2) is 17.1 Å². The van der Waals surface area contributed by atoms with Crippen molar-refractivity contribution in [1.29, 1.82) is 0 Å². The van der Waals surface area contributed by atoms with Crippen molar-refractivity contribution in [3.63, 3.8) is 0 Å². The fourth-order valence-electron chi connectivity index (χ4n) is 2.07. The minimum atomic E-state index is 0.0939. The molecule has 1 heterocycles. The zero-order chi connectivity index (χ0) is 13.9. The third kappa shape index (κ3) is 4.50. The van der Waals surface area contributed by atoms with Crippen molar-refractivity contribution in [3.05, 3.63) is 23.5 Å². The lowest BCUT2D eigenvalue weighted by atomic mass is 9.86. The molecule has 0 spiro atoms. The van der Waals surface area contributed by atoms with Crippen LogP contribution in [0.1, 0.15) is 51.4 Å². The van der Waals surface area contributed by atoms with Crippen molar-refractivity contribution < 1.29 is 4.74 Å². The molecule has 1 aliphatic rings. The number of hydrogen-bond donors (Lipinski definition) is 1. The first kappa shape index (κ1) is 14.3. The number of hydrogen-bond acceptors (Lipinski definition) is 3. The summed E-state index contributed by atoms with van der Waals surface area (Å²) in [5.74, 6) is 1.69. The van der Waals surface area contributed by atoms with E-state index in [1.807, 2.05) is 13.0 Å². The van der Waals surface area contributed by atoms with Crippen LogP contribution >= 0.6 is 0 Å². The molecule has 3 heteroatoms. The van der Waals surface area contributed by atoms with E-state index in [1.54, 1.807) is 0 Å². The third-order valence-corrected chi connectivity index (χ3v) is 3.56. The molecule has 1 N–H and O–H groups in total. The molecule has 2 rings (SSSR count). The summed E-state index contributed by atoms with van der Waals surface area (Å²) in [5.41, 5.74) is 2.16. The first-order chi connectivity index (χ1) is 8.94. The molecule has 0 radical (unpaired) electrons. The van der Waals surface area contributed by atoms with Gasteiger partial charge in [-0.15, -0.1) is 0 Å². The van der Waals surface area contributed by atoms with Crippen LogP contribution in [0.3, 0.4) is 0 Å². The van der Waals surface area contributed by atoms with Crippen molar-refractivity contribution >= 4 is 0 Å². The number of rotatable bonds is 5. The van der Waals surface area contributed by atoms with Crippen LogP contribution in [-0.2, 0) is 6.54 Å². The third-order valence-electron chi connectivity index (χ3n) is 3.56. The maximum atomic E-state index is 5.96. The number of ether oxygens (including phenoxy) is 1. The molecule has 0 unspecified atom stereocenters. The van der Waals surface area contributed by atoms with Gasteiger partial charge in [-0.05, 0) is 58.6 Å². The second-order valence-electron chi connectivity index (χ2n) is 6.61. The van der Waals surface area contributed by atoms with E-state index in [2.05, 4.69) is 37.1 Å². The highest BCUT2D eigenvalue weighted by atomic mass is 16.5. The molecule has 0 amide bonds. The van der Waals surface area contributed by atoms with Crippen molar-refractivity contribution in [1.82, 2.24) is 10.3 Å². The van der Waals surface area contributed by atoms with E-state index in [1.165, 1.54) is 19.3 Å². The smallest absolute Gasteiger partial charge is 0.142 e. The topological polar surface area (TPSA) is 34.1 Å². The van der Waals surface area contributed by atoms with Crippen molar-refractivity contribution in [2.45, 2.75) is 59.0 Å². The Hall–Kier alpha value is -1.09. The number of nitrogens with one attached hydrogen (secondary N) is 1. The Bertz CT molecular complexity index is 419. The molecule has 0 saturated heterocycles. The zero-order valence-corrected chi connectivity index (χ0v) is 12.6. The van der Waals surface area contributed by atoms with Gasteiger partial charge in [-0.1, -0.05) is 6.42 Å². The van der Waals surface area contributed by atoms with Gasteiger partial charge in [-0.3, -0.25) is 4.98 Å². The van der Waals surface area contributed by atoms with Crippen LogP contribution in [0.25, 0.3) is 0 Å². The molecular weight excluding hydrogens is 236 g/mol. The molecule has 1 aliphatic carbocycles. The second kappa shape index (κ2) is 5.91. The minimum absolute atomic E-state index is 0.0939. The Morgan fingerprint density at radius 3 is 2.63 bits per heavy atom. The van der Waals surface area contributed by atoms with Crippen LogP contribution in [0.5, 0.6) is 5.75 Å². The second-order valence-corrected chi connectivity index (χ2v) is 6.61. The van der Waals surface area contributed by atoms with Gasteiger partial charge >= 0.3 is 0 Å². The Morgan fingerprint density at radius 2 is 2.05 bits per heavy atom. The molecular formula is C16H26N2O. The predicted molar refractivity (Wildman–Crippen MR) is 78.4 cm³/mol. The molecule has 1 fully saturated rings. The Balaban J connectivity index is 1.99. The fraction of sp³-hybridized carbons (Fsp3) is 0.688. The largest absolute Gasteiger partial charge is 0.491 e. The maximum absolute atomic E-state index is 5.96. The van der Waals surface area contributed by atoms with Gasteiger partial charge in [-0.2, -0.15) is 0 Å². The molecule has 19 heavy (non-hydrogen) atoms. The highest BCUT2D eigenvalue weighted by Gasteiger charge is 2.19. The quantitative estimate of drug-likeness (QED) is 0.882. The molecule has 0 aromatic carbocycles. The molecule has 3 nitrogen and oxygen atoms in total. The van der Waals surface area contributed by atoms with Crippen molar-refractivity contribution in [2.24, 2.45) is 5.92 Å². The monoisotopic (exact) mass is 262 g/mol. The standard InChI is InChI=1S/C16H26N2O/c1-12-8-9-15(19-11-13-6-5-7-13)14(18-12)10-17-16(2,3)4/h8-9,13,17H,5-7,10-11H2,1-4H3. The molecule has 1 aromatic rings. The summed E-state index contributed by atoms with van der Waals surface area (Å²) in [5, 5.41) is 3.48. The SMILES string of the molecule is Cc1ccc(OCC2CCC2)c(CNC(C)(C)C)n1. The van der Waals surface area contributed by atoms with Gasteiger partial charge in [-0.25, -0.2) is 0 Å². The van der Waals surface area contributed by atoms with Crippen LogP contribution in [0.2, 0.25) is 0 Å². The zero-order valence-electron chi connectivity index (χ0n) is 12.6. The lowest BCUT2D eigenvalue weighted by molar-refractivity contribution is 0.178. The fourth-order valence-corrected chi connectivity index (χ4v) is 2.07. The highest BCUT2D eigenvalue weighted by molar-refractivity contribution is 5.29. The van der Waals surface area contributed by atoms with Gasteiger partial charge in [0.05, 0.1) is 12.3 Å². The van der Waals surface area contributed by atoms with Crippen LogP contribution in [0.4, 0.5) is 0 Å². The first-order valence-corrected chi connectivity index (χ1v) is 7.28. The van der Waals surface area contributed by atoms with Crippen LogP contribution in [0, 0.1) is 12.8 Å². The van der Waals surface area contributed by atoms with Gasteiger partial charge in [0, 0.05) is 17.8 Å². The molecule has 0 bridgehead atoms. The van der Waals surface area contributed by atoms with Gasteiger partial charge in [0.15, 0.2) is 0 Å². The summed E-state index contributed by atoms with van der Waals surface area (Å²) in [7, 11) is 0. The van der Waals surface area contributed by atoms with E-state index >= 15 is 0 Å². The number of nitrogens with zero attached hydrogens (tertiary/aromatic N) is 1.